The van der Waals surface area contributed by atoms with Gasteiger partial charge in [-0.05, 0) is 18.6 Å². The lowest BCUT2D eigenvalue weighted by Crippen LogP contribution is -2.05. The molecule has 0 bridgehead atoms. The molecular weight excluding hydrogens is 310 g/mol. The Bertz CT molecular complexity index is 901. The summed E-state index contributed by atoms with van der Waals surface area (Å²) in [5.41, 5.74) is 2.59. The Morgan fingerprint density at radius 2 is 2.13 bits per heavy atom. The molecule has 0 aliphatic carbocycles. The van der Waals surface area contributed by atoms with E-state index in [0.717, 1.165) is 28.4 Å². The number of carbonyl (C=O) groups excluding carboxylic acids is 1. The fourth-order valence-corrected chi connectivity index (χ4v) is 3.31. The normalized spacial score (nSPS) is 10.7. The topological polar surface area (TPSA) is 83.1 Å². The van der Waals surface area contributed by atoms with Crippen LogP contribution in [0.15, 0.2) is 24.3 Å². The van der Waals surface area contributed by atoms with Crippen LogP contribution in [-0.4, -0.2) is 20.5 Å². The zero-order chi connectivity index (χ0) is 16.4. The van der Waals surface area contributed by atoms with Crippen LogP contribution in [0.2, 0.25) is 0 Å². The zero-order valence-corrected chi connectivity index (χ0v) is 13.6. The molecule has 3 aromatic rings. The molecule has 6 nitrogen and oxygen atoms in total. The van der Waals surface area contributed by atoms with Gasteiger partial charge in [-0.25, -0.2) is 4.98 Å². The van der Waals surface area contributed by atoms with E-state index in [2.05, 4.69) is 28.4 Å². The van der Waals surface area contributed by atoms with E-state index in [4.69, 9.17) is 0 Å². The number of nitrogens with one attached hydrogen (secondary N) is 1. The monoisotopic (exact) mass is 325 g/mol. The summed E-state index contributed by atoms with van der Waals surface area (Å²) in [6.07, 6.45) is 1.90. The average molecular weight is 325 g/mol. The maximum atomic E-state index is 11.1. The zero-order valence-electron chi connectivity index (χ0n) is 12.8. The molecule has 3 rings (SSSR count). The van der Waals surface area contributed by atoms with E-state index < -0.39 is 0 Å². The van der Waals surface area contributed by atoms with Gasteiger partial charge in [0.15, 0.2) is 5.69 Å². The summed E-state index contributed by atoms with van der Waals surface area (Å²) in [4.78, 5) is 16.3. The van der Waals surface area contributed by atoms with Crippen LogP contribution in [0.25, 0.3) is 16.2 Å². The summed E-state index contributed by atoms with van der Waals surface area (Å²) in [6.45, 7) is 3.56. The molecule has 0 atom stereocenters. The second-order valence-electron chi connectivity index (χ2n) is 5.12. The van der Waals surface area contributed by atoms with Gasteiger partial charge >= 0.3 is 0 Å². The van der Waals surface area contributed by atoms with Crippen LogP contribution in [-0.2, 0) is 11.2 Å². The number of aromatic nitrogens is 3. The van der Waals surface area contributed by atoms with Crippen molar-refractivity contribution in [3.8, 4) is 17.3 Å². The van der Waals surface area contributed by atoms with Crippen LogP contribution in [0.4, 0.5) is 5.69 Å². The third kappa shape index (κ3) is 2.94. The van der Waals surface area contributed by atoms with Crippen molar-refractivity contribution in [2.24, 2.45) is 0 Å². The lowest BCUT2D eigenvalue weighted by molar-refractivity contribution is -0.114. The summed E-state index contributed by atoms with van der Waals surface area (Å²) in [5, 5.41) is 17.6. The third-order valence-corrected chi connectivity index (χ3v) is 4.26. The predicted molar refractivity (Wildman–Crippen MR) is 89.3 cm³/mol. The predicted octanol–water partition coefficient (Wildman–Crippen LogP) is 3.24. The van der Waals surface area contributed by atoms with E-state index in [1.54, 1.807) is 16.6 Å². The number of hydrogen-bond acceptors (Lipinski definition) is 5. The van der Waals surface area contributed by atoms with Crippen molar-refractivity contribution in [1.29, 1.82) is 5.26 Å². The van der Waals surface area contributed by atoms with Crippen LogP contribution in [0, 0.1) is 11.3 Å². The largest absolute Gasteiger partial charge is 0.326 e. The molecule has 0 radical (unpaired) electrons. The molecule has 1 aromatic carbocycles. The first-order chi connectivity index (χ1) is 11.1. The molecule has 1 N–H and O–H groups in total. The van der Waals surface area contributed by atoms with Gasteiger partial charge in [0.1, 0.15) is 16.8 Å². The Kier molecular flexibility index (Phi) is 4.08. The van der Waals surface area contributed by atoms with Gasteiger partial charge in [-0.2, -0.15) is 14.9 Å². The number of nitriles is 1. The number of hydrogen-bond donors (Lipinski definition) is 1. The number of fused-ring (bicyclic) bond motifs is 1. The van der Waals surface area contributed by atoms with Gasteiger partial charge in [0, 0.05) is 24.6 Å². The van der Waals surface area contributed by atoms with Crippen molar-refractivity contribution in [3.63, 3.8) is 0 Å². The van der Waals surface area contributed by atoms with Crippen molar-refractivity contribution in [2.75, 3.05) is 5.32 Å². The Morgan fingerprint density at radius 3 is 2.74 bits per heavy atom. The Balaban J connectivity index is 2.00. The molecule has 1 amide bonds. The first-order valence-electron chi connectivity index (χ1n) is 7.29. The number of rotatable bonds is 4. The van der Waals surface area contributed by atoms with Crippen LogP contribution < -0.4 is 5.32 Å². The standard InChI is InChI=1S/C16H15N5OS/c1-3-4-14-20-21-13(9-17)15(19-16(21)23-14)11-5-7-12(8-6-11)18-10(2)22/h5-8H,3-4H2,1-2H3,(H,18,22). The number of carbonyl (C=O) groups is 1. The smallest absolute Gasteiger partial charge is 0.221 e. The van der Waals surface area contributed by atoms with Crippen LogP contribution >= 0.6 is 11.3 Å². The number of aryl methyl sites for hydroxylation is 1. The molecule has 116 valence electrons. The Labute approximate surface area is 137 Å². The molecule has 0 unspecified atom stereocenters. The Hall–Kier alpha value is -2.72. The first kappa shape index (κ1) is 15.2. The molecule has 0 spiro atoms. The van der Waals surface area contributed by atoms with E-state index in [1.807, 2.05) is 12.1 Å². The number of nitrogens with zero attached hydrogens (tertiary/aromatic N) is 4. The molecule has 7 heteroatoms. The van der Waals surface area contributed by atoms with Crippen molar-refractivity contribution in [1.82, 2.24) is 14.6 Å². The SMILES string of the molecule is CCCc1nn2c(C#N)c(-c3ccc(NC(C)=O)cc3)nc2s1. The first-order valence-corrected chi connectivity index (χ1v) is 8.10. The van der Waals surface area contributed by atoms with E-state index >= 15 is 0 Å². The highest BCUT2D eigenvalue weighted by atomic mass is 32.1. The van der Waals surface area contributed by atoms with Crippen LogP contribution in [0.3, 0.4) is 0 Å². The number of imidazole rings is 1. The number of benzene rings is 1. The molecule has 0 aliphatic rings. The molecule has 2 aromatic heterocycles. The average Bonchev–Trinajstić information content (AvgIpc) is 3.04. The van der Waals surface area contributed by atoms with Gasteiger partial charge < -0.3 is 5.32 Å². The molecular formula is C16H15N5OS. The fourth-order valence-electron chi connectivity index (χ4n) is 2.32. The molecule has 0 saturated carbocycles. The van der Waals surface area contributed by atoms with Gasteiger partial charge in [0.05, 0.1) is 0 Å². The number of amides is 1. The van der Waals surface area contributed by atoms with E-state index in [0.29, 0.717) is 17.1 Å². The van der Waals surface area contributed by atoms with Crippen LogP contribution in [0.1, 0.15) is 31.0 Å². The summed E-state index contributed by atoms with van der Waals surface area (Å²) in [6, 6.07) is 9.46. The summed E-state index contributed by atoms with van der Waals surface area (Å²) >= 11 is 1.51. The van der Waals surface area contributed by atoms with Gasteiger partial charge in [-0.15, -0.1) is 0 Å². The lowest BCUT2D eigenvalue weighted by Gasteiger charge is -2.03. The minimum absolute atomic E-state index is 0.120. The van der Waals surface area contributed by atoms with Crippen molar-refractivity contribution < 1.29 is 4.79 Å². The molecule has 0 aliphatic heterocycles. The van der Waals surface area contributed by atoms with Gasteiger partial charge in [-0.1, -0.05) is 30.4 Å². The van der Waals surface area contributed by atoms with Gasteiger partial charge in [0.25, 0.3) is 0 Å². The fraction of sp³-hybridized carbons (Fsp3) is 0.250. The maximum absolute atomic E-state index is 11.1. The minimum Gasteiger partial charge on any atom is -0.326 e. The highest BCUT2D eigenvalue weighted by Gasteiger charge is 2.17. The van der Waals surface area contributed by atoms with Gasteiger partial charge in [-0.3, -0.25) is 4.79 Å². The lowest BCUT2D eigenvalue weighted by atomic mass is 10.1. The molecule has 23 heavy (non-hydrogen) atoms. The van der Waals surface area contributed by atoms with Crippen LogP contribution in [0.5, 0.6) is 0 Å². The second-order valence-corrected chi connectivity index (χ2v) is 6.16. The Morgan fingerprint density at radius 1 is 1.39 bits per heavy atom. The van der Waals surface area contributed by atoms with E-state index in [1.165, 1.54) is 18.3 Å². The summed E-state index contributed by atoms with van der Waals surface area (Å²) < 4.78 is 1.62. The van der Waals surface area contributed by atoms with Crippen molar-refractivity contribution in [2.45, 2.75) is 26.7 Å². The van der Waals surface area contributed by atoms with Crippen molar-refractivity contribution >= 4 is 27.9 Å². The summed E-state index contributed by atoms with van der Waals surface area (Å²) in [5.74, 6) is -0.120. The quantitative estimate of drug-likeness (QED) is 0.798. The maximum Gasteiger partial charge on any atom is 0.221 e. The second kappa shape index (κ2) is 6.18. The highest BCUT2D eigenvalue weighted by molar-refractivity contribution is 7.16. The third-order valence-electron chi connectivity index (χ3n) is 3.29. The van der Waals surface area contributed by atoms with E-state index in [-0.39, 0.29) is 5.91 Å². The minimum atomic E-state index is -0.120. The molecule has 2 heterocycles. The summed E-state index contributed by atoms with van der Waals surface area (Å²) in [7, 11) is 0. The molecule has 0 saturated heterocycles. The number of anilines is 1. The highest BCUT2D eigenvalue weighted by Crippen LogP contribution is 2.27. The van der Waals surface area contributed by atoms with Crippen molar-refractivity contribution in [3.05, 3.63) is 35.0 Å². The molecule has 0 fully saturated rings. The van der Waals surface area contributed by atoms with E-state index in [9.17, 15) is 10.1 Å². The van der Waals surface area contributed by atoms with Gasteiger partial charge in [0.2, 0.25) is 10.9 Å².